The predicted molar refractivity (Wildman–Crippen MR) is 94.7 cm³/mol. The van der Waals surface area contributed by atoms with Crippen LogP contribution in [0.1, 0.15) is 31.4 Å². The van der Waals surface area contributed by atoms with Crippen molar-refractivity contribution in [2.24, 2.45) is 7.05 Å². The number of hydrogen-bond donors (Lipinski definition) is 3. The molecule has 1 aromatic heterocycles. The number of para-hydroxylation sites is 1. The maximum absolute atomic E-state index is 12.1. The molecular formula is C18H26N4O2. The van der Waals surface area contributed by atoms with Gasteiger partial charge in [-0.05, 0) is 32.4 Å². The summed E-state index contributed by atoms with van der Waals surface area (Å²) in [4.78, 5) is 12.1. The molecule has 0 saturated heterocycles. The number of aromatic nitrogens is 2. The lowest BCUT2D eigenvalue weighted by atomic mass is 9.99. The van der Waals surface area contributed by atoms with Crippen LogP contribution < -0.4 is 10.6 Å². The second-order valence-electron chi connectivity index (χ2n) is 6.53. The molecule has 1 amide bonds. The summed E-state index contributed by atoms with van der Waals surface area (Å²) in [5.74, 6) is -0.0506. The Morgan fingerprint density at radius 3 is 2.75 bits per heavy atom. The third-order valence-corrected chi connectivity index (χ3v) is 4.03. The van der Waals surface area contributed by atoms with Crippen LogP contribution >= 0.6 is 0 Å². The number of anilines is 1. The summed E-state index contributed by atoms with van der Waals surface area (Å²) in [5.41, 5.74) is 1.58. The van der Waals surface area contributed by atoms with Gasteiger partial charge in [-0.1, -0.05) is 18.2 Å². The van der Waals surface area contributed by atoms with E-state index in [0.29, 0.717) is 13.0 Å². The van der Waals surface area contributed by atoms with Crippen LogP contribution in [0.15, 0.2) is 36.7 Å². The van der Waals surface area contributed by atoms with Crippen LogP contribution in [-0.4, -0.2) is 33.4 Å². The van der Waals surface area contributed by atoms with Crippen molar-refractivity contribution >= 4 is 11.6 Å². The maximum atomic E-state index is 12.1. The molecular weight excluding hydrogens is 304 g/mol. The van der Waals surface area contributed by atoms with Crippen molar-refractivity contribution in [1.82, 2.24) is 15.1 Å². The molecule has 0 aliphatic carbocycles. The Morgan fingerprint density at radius 1 is 1.42 bits per heavy atom. The van der Waals surface area contributed by atoms with Crippen molar-refractivity contribution in [2.45, 2.75) is 38.8 Å². The van der Waals surface area contributed by atoms with Gasteiger partial charge in [-0.15, -0.1) is 0 Å². The molecule has 1 aromatic carbocycles. The number of nitrogens with one attached hydrogen (secondary N) is 2. The van der Waals surface area contributed by atoms with E-state index in [4.69, 9.17) is 0 Å². The first-order valence-electron chi connectivity index (χ1n) is 8.08. The van der Waals surface area contributed by atoms with Gasteiger partial charge in [-0.25, -0.2) is 0 Å². The van der Waals surface area contributed by atoms with Gasteiger partial charge in [0.25, 0.3) is 0 Å². The summed E-state index contributed by atoms with van der Waals surface area (Å²) in [6.07, 6.45) is 3.77. The second kappa shape index (κ2) is 7.59. The lowest BCUT2D eigenvalue weighted by molar-refractivity contribution is -0.116. The molecule has 6 nitrogen and oxygen atoms in total. The number of hydrogen-bond acceptors (Lipinski definition) is 4. The molecule has 2 rings (SSSR count). The highest BCUT2D eigenvalue weighted by Crippen LogP contribution is 2.19. The van der Waals surface area contributed by atoms with Crippen LogP contribution in [0.5, 0.6) is 0 Å². The molecule has 6 heteroatoms. The van der Waals surface area contributed by atoms with E-state index in [1.54, 1.807) is 24.0 Å². The summed E-state index contributed by atoms with van der Waals surface area (Å²) >= 11 is 0. The molecule has 3 N–H and O–H groups in total. The molecule has 0 saturated carbocycles. The number of rotatable bonds is 7. The number of benzene rings is 1. The minimum absolute atomic E-state index is 0.0506. The summed E-state index contributed by atoms with van der Waals surface area (Å²) in [6, 6.07) is 7.63. The van der Waals surface area contributed by atoms with Crippen LogP contribution in [0, 0.1) is 6.92 Å². The first kappa shape index (κ1) is 18.2. The van der Waals surface area contributed by atoms with Gasteiger partial charge in [-0.3, -0.25) is 9.48 Å². The summed E-state index contributed by atoms with van der Waals surface area (Å²) in [5, 5.41) is 20.7. The third kappa shape index (κ3) is 4.91. The zero-order valence-corrected chi connectivity index (χ0v) is 14.7. The number of nitrogens with zero attached hydrogens (tertiary/aromatic N) is 2. The van der Waals surface area contributed by atoms with Gasteiger partial charge < -0.3 is 15.7 Å². The number of carbonyl (C=O) groups excluding carboxylic acids is 1. The lowest BCUT2D eigenvalue weighted by Gasteiger charge is -2.25. The normalized spacial score (nSPS) is 14.9. The topological polar surface area (TPSA) is 79.2 Å². The van der Waals surface area contributed by atoms with Gasteiger partial charge >= 0.3 is 0 Å². The van der Waals surface area contributed by atoms with Crippen LogP contribution in [0.2, 0.25) is 0 Å². The van der Waals surface area contributed by atoms with E-state index in [1.807, 2.05) is 45.2 Å². The number of aliphatic hydroxyl groups is 1. The highest BCUT2D eigenvalue weighted by atomic mass is 16.3. The molecule has 2 atom stereocenters. The maximum Gasteiger partial charge on any atom is 0.225 e. The van der Waals surface area contributed by atoms with E-state index in [-0.39, 0.29) is 11.9 Å². The van der Waals surface area contributed by atoms with E-state index in [1.165, 1.54) is 0 Å². The molecule has 130 valence electrons. The highest BCUT2D eigenvalue weighted by Gasteiger charge is 2.25. The molecule has 2 unspecified atom stereocenters. The fourth-order valence-electron chi connectivity index (χ4n) is 2.44. The van der Waals surface area contributed by atoms with E-state index >= 15 is 0 Å². The summed E-state index contributed by atoms with van der Waals surface area (Å²) in [7, 11) is 1.81. The smallest absolute Gasteiger partial charge is 0.225 e. The second-order valence-corrected chi connectivity index (χ2v) is 6.53. The molecule has 0 bridgehead atoms. The Balaban J connectivity index is 1.83. The molecule has 24 heavy (non-hydrogen) atoms. The van der Waals surface area contributed by atoms with E-state index in [2.05, 4.69) is 15.7 Å². The standard InChI is InChI=1S/C18H26N4O2/c1-13-7-5-6-8-16(13)21-17(23)9-14(2)19-12-18(3,24)15-10-20-22(4)11-15/h5-8,10-11,14,19,24H,9,12H2,1-4H3,(H,21,23). The number of aryl methyl sites for hydroxylation is 2. The molecule has 0 aliphatic heterocycles. The molecule has 1 heterocycles. The molecule has 0 aliphatic rings. The minimum Gasteiger partial charge on any atom is -0.384 e. The quantitative estimate of drug-likeness (QED) is 0.725. The van der Waals surface area contributed by atoms with Crippen LogP contribution in [0.4, 0.5) is 5.69 Å². The largest absolute Gasteiger partial charge is 0.384 e. The minimum atomic E-state index is -1.03. The van der Waals surface area contributed by atoms with Gasteiger partial charge in [0.05, 0.1) is 6.20 Å². The molecule has 2 aromatic rings. The van der Waals surface area contributed by atoms with Gasteiger partial charge in [0.15, 0.2) is 0 Å². The fraction of sp³-hybridized carbons (Fsp3) is 0.444. The highest BCUT2D eigenvalue weighted by molar-refractivity contribution is 5.91. The Labute approximate surface area is 142 Å². The SMILES string of the molecule is Cc1ccccc1NC(=O)CC(C)NCC(C)(O)c1cnn(C)c1. The Kier molecular flexibility index (Phi) is 5.75. The third-order valence-electron chi connectivity index (χ3n) is 4.03. The van der Waals surface area contributed by atoms with Gasteiger partial charge in [-0.2, -0.15) is 5.10 Å². The average molecular weight is 330 g/mol. The average Bonchev–Trinajstić information content (AvgIpc) is 2.95. The first-order chi connectivity index (χ1) is 11.3. The predicted octanol–water partition coefficient (Wildman–Crippen LogP) is 1.94. The van der Waals surface area contributed by atoms with Crippen molar-refractivity contribution in [3.8, 4) is 0 Å². The molecule has 0 fully saturated rings. The Bertz CT molecular complexity index is 694. The Morgan fingerprint density at radius 2 is 2.12 bits per heavy atom. The van der Waals surface area contributed by atoms with Crippen LogP contribution in [0.25, 0.3) is 0 Å². The van der Waals surface area contributed by atoms with Crippen molar-refractivity contribution in [1.29, 1.82) is 0 Å². The van der Waals surface area contributed by atoms with Gasteiger partial charge in [0.1, 0.15) is 5.60 Å². The fourth-order valence-corrected chi connectivity index (χ4v) is 2.44. The monoisotopic (exact) mass is 330 g/mol. The zero-order chi connectivity index (χ0) is 17.7. The molecule has 0 radical (unpaired) electrons. The van der Waals surface area contributed by atoms with E-state index < -0.39 is 5.60 Å². The van der Waals surface area contributed by atoms with Crippen LogP contribution in [-0.2, 0) is 17.4 Å². The summed E-state index contributed by atoms with van der Waals surface area (Å²) < 4.78 is 1.66. The van der Waals surface area contributed by atoms with Crippen LogP contribution in [0.3, 0.4) is 0 Å². The zero-order valence-electron chi connectivity index (χ0n) is 14.7. The van der Waals surface area contributed by atoms with Crippen molar-refractivity contribution in [3.63, 3.8) is 0 Å². The number of carbonyl (C=O) groups is 1. The lowest BCUT2D eigenvalue weighted by Crippen LogP contribution is -2.40. The van der Waals surface area contributed by atoms with Crippen molar-refractivity contribution in [3.05, 3.63) is 47.8 Å². The van der Waals surface area contributed by atoms with Gasteiger partial charge in [0, 0.05) is 43.5 Å². The molecule has 0 spiro atoms. The Hall–Kier alpha value is -2.18. The summed E-state index contributed by atoms with van der Waals surface area (Å²) in [6.45, 7) is 5.97. The first-order valence-corrected chi connectivity index (χ1v) is 8.08. The van der Waals surface area contributed by atoms with E-state index in [0.717, 1.165) is 16.8 Å². The van der Waals surface area contributed by atoms with Crippen molar-refractivity contribution in [2.75, 3.05) is 11.9 Å². The van der Waals surface area contributed by atoms with Crippen molar-refractivity contribution < 1.29 is 9.90 Å². The van der Waals surface area contributed by atoms with Gasteiger partial charge in [0.2, 0.25) is 5.91 Å². The van der Waals surface area contributed by atoms with E-state index in [9.17, 15) is 9.90 Å². The number of amides is 1.